The predicted molar refractivity (Wildman–Crippen MR) is 82.2 cm³/mol. The maximum atomic E-state index is 11.3. The van der Waals surface area contributed by atoms with Gasteiger partial charge in [-0.1, -0.05) is 22.0 Å². The van der Waals surface area contributed by atoms with Gasteiger partial charge in [0.2, 0.25) is 0 Å². The van der Waals surface area contributed by atoms with Crippen molar-refractivity contribution in [1.29, 1.82) is 0 Å². The number of pyridine rings is 1. The Morgan fingerprint density at radius 3 is 2.75 bits per heavy atom. The normalized spacial score (nSPS) is 10.3. The van der Waals surface area contributed by atoms with Crippen LogP contribution in [-0.4, -0.2) is 23.1 Å². The second-order valence-electron chi connectivity index (χ2n) is 4.59. The number of nitrogens with zero attached hydrogens (tertiary/aromatic N) is 2. The van der Waals surface area contributed by atoms with Gasteiger partial charge in [0.25, 0.3) is 0 Å². The summed E-state index contributed by atoms with van der Waals surface area (Å²) in [6.45, 7) is 2.49. The van der Waals surface area contributed by atoms with Gasteiger partial charge in [0.15, 0.2) is 0 Å². The Labute approximate surface area is 126 Å². The molecule has 0 saturated carbocycles. The Hall–Kier alpha value is -1.88. The Bertz CT molecular complexity index is 644. The van der Waals surface area contributed by atoms with Crippen LogP contribution in [0.1, 0.15) is 21.7 Å². The maximum absolute atomic E-state index is 11.3. The maximum Gasteiger partial charge on any atom is 0.337 e. The minimum absolute atomic E-state index is 0.281. The lowest BCUT2D eigenvalue weighted by atomic mass is 10.1. The zero-order chi connectivity index (χ0) is 14.7. The van der Waals surface area contributed by atoms with Crippen LogP contribution >= 0.6 is 15.9 Å². The van der Waals surface area contributed by atoms with Crippen LogP contribution in [0.2, 0.25) is 0 Å². The third kappa shape index (κ3) is 3.36. The van der Waals surface area contributed by atoms with Crippen molar-refractivity contribution in [2.24, 2.45) is 0 Å². The minimum Gasteiger partial charge on any atom is -0.478 e. The average Bonchev–Trinajstić information content (AvgIpc) is 2.38. The van der Waals surface area contributed by atoms with Gasteiger partial charge in [-0.2, -0.15) is 0 Å². The van der Waals surface area contributed by atoms with Crippen molar-refractivity contribution < 1.29 is 9.90 Å². The molecule has 0 fully saturated rings. The third-order valence-electron chi connectivity index (χ3n) is 2.95. The predicted octanol–water partition coefficient (Wildman–Crippen LogP) is 3.49. The fourth-order valence-corrected chi connectivity index (χ4v) is 2.37. The van der Waals surface area contributed by atoms with Gasteiger partial charge < -0.3 is 10.0 Å². The van der Waals surface area contributed by atoms with Crippen LogP contribution in [0.3, 0.4) is 0 Å². The molecule has 4 nitrogen and oxygen atoms in total. The van der Waals surface area contributed by atoms with Gasteiger partial charge in [-0.15, -0.1) is 0 Å². The number of halogens is 1. The molecule has 0 amide bonds. The monoisotopic (exact) mass is 334 g/mol. The Balaban J connectivity index is 2.31. The first-order chi connectivity index (χ1) is 9.47. The number of hydrogen-bond donors (Lipinski definition) is 1. The van der Waals surface area contributed by atoms with Crippen molar-refractivity contribution >= 4 is 27.6 Å². The summed E-state index contributed by atoms with van der Waals surface area (Å²) < 4.78 is 0.849. The van der Waals surface area contributed by atoms with E-state index in [1.54, 1.807) is 18.2 Å². The van der Waals surface area contributed by atoms with Crippen molar-refractivity contribution in [3.05, 3.63) is 57.8 Å². The minimum atomic E-state index is -0.934. The molecule has 0 aliphatic carbocycles. The van der Waals surface area contributed by atoms with E-state index in [2.05, 4.69) is 20.9 Å². The molecule has 0 radical (unpaired) electrons. The molecule has 5 heteroatoms. The standard InChI is InChI=1S/C15H15BrN2O2/c1-10-4-3-5-12(17-10)9-18(2)14-8-11(16)6-7-13(14)15(19)20/h3-8H,9H2,1-2H3,(H,19,20). The molecule has 1 heterocycles. The number of rotatable bonds is 4. The summed E-state index contributed by atoms with van der Waals surface area (Å²) in [4.78, 5) is 17.6. The van der Waals surface area contributed by atoms with Gasteiger partial charge in [-0.25, -0.2) is 4.79 Å². The molecule has 1 aromatic heterocycles. The van der Waals surface area contributed by atoms with Gasteiger partial charge in [0.1, 0.15) is 0 Å². The van der Waals surface area contributed by atoms with E-state index in [4.69, 9.17) is 0 Å². The molecule has 1 aromatic carbocycles. The lowest BCUT2D eigenvalue weighted by Crippen LogP contribution is -2.20. The number of carboxylic acid groups (broad SMARTS) is 1. The number of anilines is 1. The number of carboxylic acids is 1. The molecule has 2 rings (SSSR count). The second-order valence-corrected chi connectivity index (χ2v) is 5.51. The van der Waals surface area contributed by atoms with E-state index >= 15 is 0 Å². The number of aryl methyl sites for hydroxylation is 1. The van der Waals surface area contributed by atoms with E-state index in [1.807, 2.05) is 37.1 Å². The molecule has 0 aliphatic heterocycles. The molecule has 2 aromatic rings. The van der Waals surface area contributed by atoms with Crippen LogP contribution in [0.25, 0.3) is 0 Å². The number of benzene rings is 1. The lowest BCUT2D eigenvalue weighted by molar-refractivity contribution is 0.0697. The zero-order valence-electron chi connectivity index (χ0n) is 11.3. The molecule has 1 N–H and O–H groups in total. The Kier molecular flexibility index (Phi) is 4.39. The van der Waals surface area contributed by atoms with Crippen LogP contribution in [0, 0.1) is 6.92 Å². The Morgan fingerprint density at radius 2 is 2.10 bits per heavy atom. The van der Waals surface area contributed by atoms with Crippen LogP contribution in [0.15, 0.2) is 40.9 Å². The first-order valence-electron chi connectivity index (χ1n) is 6.14. The quantitative estimate of drug-likeness (QED) is 0.929. The summed E-state index contributed by atoms with van der Waals surface area (Å²) in [7, 11) is 1.86. The second kappa shape index (κ2) is 6.05. The van der Waals surface area contributed by atoms with E-state index in [9.17, 15) is 9.90 Å². The van der Waals surface area contributed by atoms with Gasteiger partial charge in [-0.3, -0.25) is 4.98 Å². The van der Waals surface area contributed by atoms with Crippen LogP contribution in [0.5, 0.6) is 0 Å². The van der Waals surface area contributed by atoms with Crippen molar-refractivity contribution in [1.82, 2.24) is 4.98 Å². The van der Waals surface area contributed by atoms with Gasteiger partial charge in [0.05, 0.1) is 23.5 Å². The van der Waals surface area contributed by atoms with E-state index in [0.29, 0.717) is 12.2 Å². The molecule has 104 valence electrons. The molecule has 0 bridgehead atoms. The van der Waals surface area contributed by atoms with Crippen molar-refractivity contribution in [3.63, 3.8) is 0 Å². The van der Waals surface area contributed by atoms with E-state index in [1.165, 1.54) is 0 Å². The van der Waals surface area contributed by atoms with Crippen molar-refractivity contribution in [2.45, 2.75) is 13.5 Å². The van der Waals surface area contributed by atoms with Crippen molar-refractivity contribution in [2.75, 3.05) is 11.9 Å². The molecule has 0 spiro atoms. The number of carbonyl (C=O) groups is 1. The van der Waals surface area contributed by atoms with Crippen molar-refractivity contribution in [3.8, 4) is 0 Å². The zero-order valence-corrected chi connectivity index (χ0v) is 12.9. The number of aromatic nitrogens is 1. The average molecular weight is 335 g/mol. The van der Waals surface area contributed by atoms with Gasteiger partial charge in [-0.05, 0) is 37.3 Å². The van der Waals surface area contributed by atoms with E-state index in [0.717, 1.165) is 15.9 Å². The number of aromatic carboxylic acids is 1. The number of hydrogen-bond acceptors (Lipinski definition) is 3. The van der Waals surface area contributed by atoms with Crippen LogP contribution in [0.4, 0.5) is 5.69 Å². The molecular formula is C15H15BrN2O2. The Morgan fingerprint density at radius 1 is 1.35 bits per heavy atom. The molecule has 20 heavy (non-hydrogen) atoms. The lowest BCUT2D eigenvalue weighted by Gasteiger charge is -2.21. The van der Waals surface area contributed by atoms with Gasteiger partial charge in [0, 0.05) is 17.2 Å². The third-order valence-corrected chi connectivity index (χ3v) is 3.44. The fraction of sp³-hybridized carbons (Fsp3) is 0.200. The SMILES string of the molecule is Cc1cccc(CN(C)c2cc(Br)ccc2C(=O)O)n1. The first-order valence-corrected chi connectivity index (χ1v) is 6.93. The molecular weight excluding hydrogens is 320 g/mol. The molecule has 0 atom stereocenters. The summed E-state index contributed by atoms with van der Waals surface area (Å²) >= 11 is 3.38. The highest BCUT2D eigenvalue weighted by Gasteiger charge is 2.14. The highest BCUT2D eigenvalue weighted by atomic mass is 79.9. The van der Waals surface area contributed by atoms with E-state index < -0.39 is 5.97 Å². The van der Waals surface area contributed by atoms with Crippen LogP contribution in [-0.2, 0) is 6.54 Å². The molecule has 0 saturated heterocycles. The highest BCUT2D eigenvalue weighted by Crippen LogP contribution is 2.25. The largest absolute Gasteiger partial charge is 0.478 e. The summed E-state index contributed by atoms with van der Waals surface area (Å²) in [6.07, 6.45) is 0. The topological polar surface area (TPSA) is 53.4 Å². The molecule has 0 unspecified atom stereocenters. The first kappa shape index (κ1) is 14.5. The smallest absolute Gasteiger partial charge is 0.337 e. The van der Waals surface area contributed by atoms with Gasteiger partial charge >= 0.3 is 5.97 Å². The van der Waals surface area contributed by atoms with E-state index in [-0.39, 0.29) is 5.56 Å². The summed E-state index contributed by atoms with van der Waals surface area (Å²) in [5.74, 6) is -0.934. The summed E-state index contributed by atoms with van der Waals surface area (Å²) in [5.41, 5.74) is 2.80. The molecule has 0 aliphatic rings. The summed E-state index contributed by atoms with van der Waals surface area (Å²) in [5, 5.41) is 9.26. The fourth-order valence-electron chi connectivity index (χ4n) is 2.02. The highest BCUT2D eigenvalue weighted by molar-refractivity contribution is 9.10. The summed E-state index contributed by atoms with van der Waals surface area (Å²) in [6, 6.07) is 10.9. The van der Waals surface area contributed by atoms with Crippen LogP contribution < -0.4 is 4.90 Å².